The van der Waals surface area contributed by atoms with Crippen LogP contribution >= 0.6 is 0 Å². The summed E-state index contributed by atoms with van der Waals surface area (Å²) in [6.45, 7) is 5.20. The molecular formula is C27H52O4. The van der Waals surface area contributed by atoms with Gasteiger partial charge in [-0.15, -0.1) is 0 Å². The largest absolute Gasteiger partial charge is 0.457 e. The smallest absolute Gasteiger partial charge is 0.306 e. The zero-order chi connectivity index (χ0) is 22.8. The fraction of sp³-hybridized carbons (Fsp3) is 0.889. The average molecular weight is 441 g/mol. The number of unbranched alkanes of at least 4 members (excludes halogenated alkanes) is 14. The summed E-state index contributed by atoms with van der Waals surface area (Å²) in [6, 6.07) is 0. The normalized spacial score (nSPS) is 12.5. The predicted molar refractivity (Wildman–Crippen MR) is 131 cm³/mol. The van der Waals surface area contributed by atoms with E-state index in [1.807, 2.05) is 0 Å². The highest BCUT2D eigenvalue weighted by atomic mass is 16.6. The number of ether oxygens (including phenoxy) is 2. The summed E-state index contributed by atoms with van der Waals surface area (Å²) < 4.78 is 10.9. The van der Waals surface area contributed by atoms with Gasteiger partial charge in [-0.3, -0.25) is 4.79 Å². The molecule has 0 spiro atoms. The Morgan fingerprint density at radius 1 is 0.742 bits per heavy atom. The van der Waals surface area contributed by atoms with E-state index in [1.165, 1.54) is 77.0 Å². The van der Waals surface area contributed by atoms with Gasteiger partial charge in [0.2, 0.25) is 0 Å². The predicted octanol–water partition coefficient (Wildman–Crippen LogP) is 7.52. The molecule has 1 N–H and O–H groups in total. The third kappa shape index (κ3) is 23.6. The zero-order valence-corrected chi connectivity index (χ0v) is 20.8. The summed E-state index contributed by atoms with van der Waals surface area (Å²) in [5, 5.41) is 9.36. The lowest BCUT2D eigenvalue weighted by Crippen LogP contribution is -2.27. The molecule has 4 heteroatoms. The Hall–Kier alpha value is -0.870. The number of hydrogen-bond donors (Lipinski definition) is 1. The molecule has 0 aliphatic carbocycles. The molecule has 0 amide bonds. The topological polar surface area (TPSA) is 55.8 Å². The molecule has 0 saturated carbocycles. The molecule has 0 radical (unpaired) electrons. The van der Waals surface area contributed by atoms with Gasteiger partial charge >= 0.3 is 5.97 Å². The summed E-state index contributed by atoms with van der Waals surface area (Å²) in [5.74, 6) is -0.222. The van der Waals surface area contributed by atoms with Gasteiger partial charge in [-0.1, -0.05) is 96.6 Å². The van der Waals surface area contributed by atoms with Crippen molar-refractivity contribution in [2.45, 2.75) is 136 Å². The van der Waals surface area contributed by atoms with E-state index in [0.29, 0.717) is 19.6 Å². The summed E-state index contributed by atoms with van der Waals surface area (Å²) in [4.78, 5) is 11.8. The van der Waals surface area contributed by atoms with Gasteiger partial charge in [0.1, 0.15) is 6.10 Å². The van der Waals surface area contributed by atoms with E-state index in [0.717, 1.165) is 32.1 Å². The fourth-order valence-electron chi connectivity index (χ4n) is 3.55. The first-order valence-corrected chi connectivity index (χ1v) is 13.3. The van der Waals surface area contributed by atoms with Gasteiger partial charge < -0.3 is 14.6 Å². The van der Waals surface area contributed by atoms with E-state index in [9.17, 15) is 9.90 Å². The molecule has 0 fully saturated rings. The highest BCUT2D eigenvalue weighted by Crippen LogP contribution is 2.10. The number of carbonyl (C=O) groups excluding carboxylic acids is 1. The van der Waals surface area contributed by atoms with E-state index < -0.39 is 6.10 Å². The lowest BCUT2D eigenvalue weighted by atomic mass is 10.1. The molecule has 1 atom stereocenters. The number of hydrogen-bond acceptors (Lipinski definition) is 4. The molecule has 31 heavy (non-hydrogen) atoms. The van der Waals surface area contributed by atoms with Crippen LogP contribution in [-0.4, -0.2) is 37.0 Å². The zero-order valence-electron chi connectivity index (χ0n) is 20.8. The number of aliphatic hydroxyl groups is 1. The first kappa shape index (κ1) is 30.1. The maximum Gasteiger partial charge on any atom is 0.306 e. The van der Waals surface area contributed by atoms with Crippen LogP contribution in [0.25, 0.3) is 0 Å². The Morgan fingerprint density at radius 3 is 1.84 bits per heavy atom. The maximum atomic E-state index is 11.8. The molecule has 0 aromatic carbocycles. The minimum absolute atomic E-state index is 0.173. The van der Waals surface area contributed by atoms with Crippen LogP contribution in [0.15, 0.2) is 12.2 Å². The van der Waals surface area contributed by atoms with E-state index in [1.54, 1.807) is 0 Å². The average Bonchev–Trinajstić information content (AvgIpc) is 2.78. The van der Waals surface area contributed by atoms with E-state index in [2.05, 4.69) is 26.0 Å². The van der Waals surface area contributed by atoms with E-state index in [4.69, 9.17) is 9.47 Å². The van der Waals surface area contributed by atoms with Crippen LogP contribution in [0, 0.1) is 0 Å². The molecule has 0 rings (SSSR count). The summed E-state index contributed by atoms with van der Waals surface area (Å²) in [6.07, 6.45) is 25.5. The van der Waals surface area contributed by atoms with Gasteiger partial charge in [-0.05, 0) is 38.5 Å². The van der Waals surface area contributed by atoms with Crippen molar-refractivity contribution < 1.29 is 19.4 Å². The molecule has 0 bridgehead atoms. The Bertz CT molecular complexity index is 395. The van der Waals surface area contributed by atoms with E-state index >= 15 is 0 Å². The number of rotatable bonds is 24. The Balaban J connectivity index is 3.39. The first-order chi connectivity index (χ1) is 15.2. The van der Waals surface area contributed by atoms with Crippen LogP contribution in [0.2, 0.25) is 0 Å². The van der Waals surface area contributed by atoms with Crippen LogP contribution in [0.1, 0.15) is 129 Å². The van der Waals surface area contributed by atoms with Crippen molar-refractivity contribution in [2.24, 2.45) is 0 Å². The highest BCUT2D eigenvalue weighted by Gasteiger charge is 2.13. The van der Waals surface area contributed by atoms with Crippen molar-refractivity contribution in [2.75, 3.05) is 19.8 Å². The lowest BCUT2D eigenvalue weighted by molar-refractivity contribution is -0.154. The Morgan fingerprint density at radius 2 is 1.26 bits per heavy atom. The molecule has 0 aliphatic heterocycles. The molecule has 184 valence electrons. The number of allylic oxidation sites excluding steroid dienone is 2. The molecule has 0 heterocycles. The first-order valence-electron chi connectivity index (χ1n) is 13.3. The molecular weight excluding hydrogens is 388 g/mol. The highest BCUT2D eigenvalue weighted by molar-refractivity contribution is 5.69. The van der Waals surface area contributed by atoms with Crippen molar-refractivity contribution >= 4 is 5.97 Å². The van der Waals surface area contributed by atoms with E-state index in [-0.39, 0.29) is 12.6 Å². The Labute approximate surface area is 193 Å². The lowest BCUT2D eigenvalue weighted by Gasteiger charge is -2.15. The molecule has 4 nitrogen and oxygen atoms in total. The number of carbonyl (C=O) groups is 1. The second-order valence-corrected chi connectivity index (χ2v) is 8.76. The third-order valence-corrected chi connectivity index (χ3v) is 5.59. The molecule has 0 aromatic rings. The van der Waals surface area contributed by atoms with Gasteiger partial charge in [0.15, 0.2) is 0 Å². The van der Waals surface area contributed by atoms with Gasteiger partial charge in [-0.2, -0.15) is 0 Å². The van der Waals surface area contributed by atoms with Crippen LogP contribution < -0.4 is 0 Å². The van der Waals surface area contributed by atoms with Crippen molar-refractivity contribution in [1.29, 1.82) is 0 Å². The summed E-state index contributed by atoms with van der Waals surface area (Å²) in [5.41, 5.74) is 0. The van der Waals surface area contributed by atoms with Crippen molar-refractivity contribution in [3.05, 3.63) is 12.2 Å². The van der Waals surface area contributed by atoms with Crippen molar-refractivity contribution in [3.8, 4) is 0 Å². The van der Waals surface area contributed by atoms with Crippen LogP contribution in [0.3, 0.4) is 0 Å². The maximum absolute atomic E-state index is 11.8. The van der Waals surface area contributed by atoms with Crippen molar-refractivity contribution in [1.82, 2.24) is 0 Å². The van der Waals surface area contributed by atoms with Gasteiger partial charge in [-0.25, -0.2) is 0 Å². The SMILES string of the molecule is CCCCCCC/C=C\CCCCCCCCOCC(CO)OC(=O)CCCCCC. The quantitative estimate of drug-likeness (QED) is 0.0957. The van der Waals surface area contributed by atoms with Crippen LogP contribution in [0.5, 0.6) is 0 Å². The minimum Gasteiger partial charge on any atom is -0.457 e. The second-order valence-electron chi connectivity index (χ2n) is 8.76. The monoisotopic (exact) mass is 440 g/mol. The van der Waals surface area contributed by atoms with Gasteiger partial charge in [0.05, 0.1) is 13.2 Å². The molecule has 1 unspecified atom stereocenters. The Kier molecular flexibility index (Phi) is 24.7. The van der Waals surface area contributed by atoms with Gasteiger partial charge in [0.25, 0.3) is 0 Å². The minimum atomic E-state index is -0.525. The van der Waals surface area contributed by atoms with Gasteiger partial charge in [0, 0.05) is 13.0 Å². The van der Waals surface area contributed by atoms with Crippen LogP contribution in [0.4, 0.5) is 0 Å². The number of aliphatic hydroxyl groups excluding tert-OH is 1. The third-order valence-electron chi connectivity index (χ3n) is 5.59. The summed E-state index contributed by atoms with van der Waals surface area (Å²) >= 11 is 0. The molecule has 0 aromatic heterocycles. The number of esters is 1. The molecule has 0 aliphatic rings. The summed E-state index contributed by atoms with van der Waals surface area (Å²) in [7, 11) is 0. The van der Waals surface area contributed by atoms with Crippen LogP contribution in [-0.2, 0) is 14.3 Å². The van der Waals surface area contributed by atoms with Crippen molar-refractivity contribution in [3.63, 3.8) is 0 Å². The second kappa shape index (κ2) is 25.4. The standard InChI is InChI=1S/C27H52O4/c1-3-5-7-9-10-11-12-13-14-15-16-17-18-19-21-23-30-25-26(24-28)31-27(29)22-20-8-6-4-2/h12-13,26,28H,3-11,14-25H2,1-2H3/b13-12-. The fourth-order valence-corrected chi connectivity index (χ4v) is 3.55. The molecule has 0 saturated heterocycles.